The van der Waals surface area contributed by atoms with Crippen molar-refractivity contribution in [3.8, 4) is 0 Å². The molecule has 0 aliphatic heterocycles. The van der Waals surface area contributed by atoms with Crippen molar-refractivity contribution in [3.63, 3.8) is 0 Å². The van der Waals surface area contributed by atoms with Crippen LogP contribution in [-0.2, 0) is 0 Å². The largest absolute Gasteiger partial charge is 0.319 e. The van der Waals surface area contributed by atoms with Gasteiger partial charge in [-0.15, -0.1) is 0 Å². The monoisotopic (exact) mass is 271 g/mol. The number of fused-ring (bicyclic) bond motifs is 1. The number of hydrogen-bond acceptors (Lipinski definition) is 2. The Morgan fingerprint density at radius 1 is 1.16 bits per heavy atom. The van der Waals surface area contributed by atoms with Gasteiger partial charge in [0.15, 0.2) is 5.65 Å². The summed E-state index contributed by atoms with van der Waals surface area (Å²) >= 11 is 6.00. The molecule has 0 unspecified atom stereocenters. The molecular weight excluding hydrogens is 262 g/mol. The number of hydrogen-bond donors (Lipinski definition) is 1. The standard InChI is InChI=1S/C14H10ClN3O/c15-11-5-2-1-4-10(11)14(19)17-12-6-3-8-18-9-7-16-13(12)18/h1-9H,(H,17,19). The van der Waals surface area contributed by atoms with Crippen molar-refractivity contribution in [1.82, 2.24) is 9.38 Å². The zero-order valence-electron chi connectivity index (χ0n) is 9.88. The normalized spacial score (nSPS) is 10.6. The summed E-state index contributed by atoms with van der Waals surface area (Å²) in [5.74, 6) is -0.248. The summed E-state index contributed by atoms with van der Waals surface area (Å²) in [4.78, 5) is 16.4. The number of nitrogens with zero attached hydrogens (tertiary/aromatic N) is 2. The van der Waals surface area contributed by atoms with E-state index in [-0.39, 0.29) is 5.91 Å². The maximum Gasteiger partial charge on any atom is 0.257 e. The van der Waals surface area contributed by atoms with Gasteiger partial charge in [0, 0.05) is 18.6 Å². The van der Waals surface area contributed by atoms with E-state index in [4.69, 9.17) is 11.6 Å². The van der Waals surface area contributed by atoms with Gasteiger partial charge in [0.1, 0.15) is 0 Å². The molecule has 2 heterocycles. The Bertz CT molecular complexity index is 751. The molecule has 0 spiro atoms. The van der Waals surface area contributed by atoms with Gasteiger partial charge in [0.25, 0.3) is 5.91 Å². The fourth-order valence-corrected chi connectivity index (χ4v) is 2.10. The van der Waals surface area contributed by atoms with Gasteiger partial charge in [-0.25, -0.2) is 4.98 Å². The summed E-state index contributed by atoms with van der Waals surface area (Å²) in [6.45, 7) is 0. The predicted molar refractivity (Wildman–Crippen MR) is 74.6 cm³/mol. The van der Waals surface area contributed by atoms with Crippen molar-refractivity contribution < 1.29 is 4.79 Å². The lowest BCUT2D eigenvalue weighted by molar-refractivity contribution is 0.102. The molecule has 1 N–H and O–H groups in total. The molecule has 3 aromatic rings. The second-order valence-electron chi connectivity index (χ2n) is 4.01. The van der Waals surface area contributed by atoms with Gasteiger partial charge >= 0.3 is 0 Å². The molecule has 5 heteroatoms. The number of imidazole rings is 1. The van der Waals surface area contributed by atoms with Crippen LogP contribution in [-0.4, -0.2) is 15.3 Å². The van der Waals surface area contributed by atoms with Crippen LogP contribution >= 0.6 is 11.6 Å². The molecule has 0 fully saturated rings. The minimum absolute atomic E-state index is 0.248. The van der Waals surface area contributed by atoms with Crippen molar-refractivity contribution in [1.29, 1.82) is 0 Å². The lowest BCUT2D eigenvalue weighted by atomic mass is 10.2. The Labute approximate surface area is 114 Å². The minimum atomic E-state index is -0.248. The highest BCUT2D eigenvalue weighted by molar-refractivity contribution is 6.34. The second kappa shape index (κ2) is 4.74. The first-order chi connectivity index (χ1) is 9.25. The topological polar surface area (TPSA) is 46.4 Å². The molecule has 94 valence electrons. The first kappa shape index (κ1) is 11.7. The molecule has 2 aromatic heterocycles. The molecule has 0 aliphatic carbocycles. The predicted octanol–water partition coefficient (Wildman–Crippen LogP) is 3.24. The Balaban J connectivity index is 1.95. The molecular formula is C14H10ClN3O. The van der Waals surface area contributed by atoms with E-state index in [2.05, 4.69) is 10.3 Å². The van der Waals surface area contributed by atoms with Crippen LogP contribution in [0.4, 0.5) is 5.69 Å². The lowest BCUT2D eigenvalue weighted by Gasteiger charge is -2.07. The highest BCUT2D eigenvalue weighted by Crippen LogP contribution is 2.19. The van der Waals surface area contributed by atoms with Crippen LogP contribution in [0.5, 0.6) is 0 Å². The molecule has 3 rings (SSSR count). The number of carbonyl (C=O) groups is 1. The van der Waals surface area contributed by atoms with Gasteiger partial charge in [-0.1, -0.05) is 23.7 Å². The van der Waals surface area contributed by atoms with Crippen LogP contribution in [0.1, 0.15) is 10.4 Å². The number of nitrogens with one attached hydrogen (secondary N) is 1. The first-order valence-electron chi connectivity index (χ1n) is 5.73. The van der Waals surface area contributed by atoms with Crippen LogP contribution in [0, 0.1) is 0 Å². The number of rotatable bonds is 2. The quantitative estimate of drug-likeness (QED) is 0.778. The van der Waals surface area contributed by atoms with Gasteiger partial charge in [0.05, 0.1) is 16.3 Å². The van der Waals surface area contributed by atoms with E-state index in [1.165, 1.54) is 0 Å². The van der Waals surface area contributed by atoms with Crippen molar-refractivity contribution in [2.75, 3.05) is 5.32 Å². The summed E-state index contributed by atoms with van der Waals surface area (Å²) in [6.07, 6.45) is 5.37. The number of aromatic nitrogens is 2. The Hall–Kier alpha value is -2.33. The summed E-state index contributed by atoms with van der Waals surface area (Å²) in [5, 5.41) is 3.25. The number of amides is 1. The maximum absolute atomic E-state index is 12.2. The number of halogens is 1. The van der Waals surface area contributed by atoms with Gasteiger partial charge in [0.2, 0.25) is 0 Å². The zero-order valence-corrected chi connectivity index (χ0v) is 10.6. The van der Waals surface area contributed by atoms with Crippen molar-refractivity contribution in [2.24, 2.45) is 0 Å². The second-order valence-corrected chi connectivity index (χ2v) is 4.42. The molecule has 0 saturated carbocycles. The van der Waals surface area contributed by atoms with E-state index in [0.717, 1.165) is 0 Å². The number of pyridine rings is 1. The van der Waals surface area contributed by atoms with E-state index in [9.17, 15) is 4.79 Å². The molecule has 0 aliphatic rings. The number of benzene rings is 1. The maximum atomic E-state index is 12.2. The summed E-state index contributed by atoms with van der Waals surface area (Å²) in [5.41, 5.74) is 1.79. The zero-order chi connectivity index (χ0) is 13.2. The lowest BCUT2D eigenvalue weighted by Crippen LogP contribution is -2.13. The summed E-state index contributed by atoms with van der Waals surface area (Å²) < 4.78 is 1.84. The first-order valence-corrected chi connectivity index (χ1v) is 6.11. The third kappa shape index (κ3) is 2.18. The van der Waals surface area contributed by atoms with Crippen LogP contribution in [0.15, 0.2) is 55.0 Å². The molecule has 0 bridgehead atoms. The van der Waals surface area contributed by atoms with Gasteiger partial charge in [-0.2, -0.15) is 0 Å². The van der Waals surface area contributed by atoms with E-state index in [0.29, 0.717) is 21.9 Å². The molecule has 1 amide bonds. The Kier molecular flexibility index (Phi) is 2.93. The van der Waals surface area contributed by atoms with Crippen LogP contribution in [0.3, 0.4) is 0 Å². The average molecular weight is 272 g/mol. The Morgan fingerprint density at radius 3 is 2.84 bits per heavy atom. The molecule has 4 nitrogen and oxygen atoms in total. The van der Waals surface area contributed by atoms with Crippen molar-refractivity contribution in [3.05, 3.63) is 65.6 Å². The van der Waals surface area contributed by atoms with Crippen molar-refractivity contribution in [2.45, 2.75) is 0 Å². The average Bonchev–Trinajstić information content (AvgIpc) is 2.88. The minimum Gasteiger partial charge on any atom is -0.319 e. The SMILES string of the molecule is O=C(Nc1cccn2ccnc12)c1ccccc1Cl. The molecule has 0 radical (unpaired) electrons. The smallest absolute Gasteiger partial charge is 0.257 e. The van der Waals surface area contributed by atoms with Crippen LogP contribution < -0.4 is 5.32 Å². The fourth-order valence-electron chi connectivity index (χ4n) is 1.88. The third-order valence-corrected chi connectivity index (χ3v) is 3.12. The molecule has 19 heavy (non-hydrogen) atoms. The molecule has 0 atom stereocenters. The molecule has 1 aromatic carbocycles. The fraction of sp³-hybridized carbons (Fsp3) is 0. The van der Waals surface area contributed by atoms with Gasteiger partial charge < -0.3 is 9.72 Å². The van der Waals surface area contributed by atoms with E-state index in [1.54, 1.807) is 36.5 Å². The third-order valence-electron chi connectivity index (χ3n) is 2.79. The summed E-state index contributed by atoms with van der Waals surface area (Å²) in [7, 11) is 0. The summed E-state index contributed by atoms with van der Waals surface area (Å²) in [6, 6.07) is 10.6. The highest BCUT2D eigenvalue weighted by atomic mass is 35.5. The van der Waals surface area contributed by atoms with Gasteiger partial charge in [-0.05, 0) is 24.3 Å². The number of carbonyl (C=O) groups excluding carboxylic acids is 1. The van der Waals surface area contributed by atoms with E-state index < -0.39 is 0 Å². The van der Waals surface area contributed by atoms with Crippen LogP contribution in [0.2, 0.25) is 5.02 Å². The number of anilines is 1. The van der Waals surface area contributed by atoms with Gasteiger partial charge in [-0.3, -0.25) is 4.79 Å². The highest BCUT2D eigenvalue weighted by Gasteiger charge is 2.11. The Morgan fingerprint density at radius 2 is 2.00 bits per heavy atom. The van der Waals surface area contributed by atoms with E-state index >= 15 is 0 Å². The van der Waals surface area contributed by atoms with E-state index in [1.807, 2.05) is 22.9 Å². The van der Waals surface area contributed by atoms with Crippen LogP contribution in [0.25, 0.3) is 5.65 Å². The van der Waals surface area contributed by atoms with Crippen molar-refractivity contribution >= 4 is 28.8 Å². The molecule has 0 saturated heterocycles.